The maximum absolute atomic E-state index is 14.3. The lowest BCUT2D eigenvalue weighted by Gasteiger charge is -2.31. The molecule has 1 atom stereocenters. The number of likely N-dealkylation sites (tertiary alicyclic amines) is 1. The summed E-state index contributed by atoms with van der Waals surface area (Å²) in [6.45, 7) is 6.28. The van der Waals surface area contributed by atoms with Crippen LogP contribution in [-0.2, 0) is 22.6 Å². The fourth-order valence-electron chi connectivity index (χ4n) is 4.67. The van der Waals surface area contributed by atoms with Gasteiger partial charge in [-0.25, -0.2) is 9.37 Å². The molecule has 0 spiro atoms. The molecular formula is C28H33FN4O4S. The standard InChI is InChI=1S/C28H33FN4O4S/c1-3-13-32(26(34)22-11-5-6-12-23(22)29)17-21-10-8-14-31(21)18-25-30-24(19-38-25)27(35)33-15-7-9-20(16-33)28(36)37-4-2/h5-6,8,10-12,14,19-20H,3-4,7,9,13,15-18H2,1-2H3. The number of thiazole rings is 1. The van der Waals surface area contributed by atoms with Gasteiger partial charge in [0.05, 0.1) is 31.2 Å². The van der Waals surface area contributed by atoms with Crippen LogP contribution in [0.5, 0.6) is 0 Å². The lowest BCUT2D eigenvalue weighted by molar-refractivity contribution is -0.149. The summed E-state index contributed by atoms with van der Waals surface area (Å²) in [4.78, 5) is 46.2. The Hall–Kier alpha value is -3.53. The Morgan fingerprint density at radius 3 is 2.76 bits per heavy atom. The lowest BCUT2D eigenvalue weighted by atomic mass is 9.98. The van der Waals surface area contributed by atoms with Gasteiger partial charge >= 0.3 is 5.97 Å². The van der Waals surface area contributed by atoms with Gasteiger partial charge in [0.25, 0.3) is 11.8 Å². The van der Waals surface area contributed by atoms with Crippen molar-refractivity contribution in [2.75, 3.05) is 26.2 Å². The van der Waals surface area contributed by atoms with Gasteiger partial charge in [-0.15, -0.1) is 11.3 Å². The number of carbonyl (C=O) groups excluding carboxylic acids is 3. The van der Waals surface area contributed by atoms with Crippen molar-refractivity contribution >= 4 is 29.1 Å². The summed E-state index contributed by atoms with van der Waals surface area (Å²) in [5.74, 6) is -1.61. The van der Waals surface area contributed by atoms with Crippen LogP contribution in [0.4, 0.5) is 4.39 Å². The number of nitrogens with zero attached hydrogens (tertiary/aromatic N) is 4. The highest BCUT2D eigenvalue weighted by Crippen LogP contribution is 2.22. The van der Waals surface area contributed by atoms with Gasteiger partial charge in [-0.3, -0.25) is 14.4 Å². The summed E-state index contributed by atoms with van der Waals surface area (Å²) in [5, 5.41) is 2.51. The first kappa shape index (κ1) is 27.5. The molecule has 1 saturated heterocycles. The van der Waals surface area contributed by atoms with Crippen LogP contribution < -0.4 is 0 Å². The van der Waals surface area contributed by atoms with Crippen molar-refractivity contribution in [1.82, 2.24) is 19.4 Å². The second-order valence-electron chi connectivity index (χ2n) is 9.30. The van der Waals surface area contributed by atoms with Gasteiger partial charge in [0, 0.05) is 36.9 Å². The first-order valence-electron chi connectivity index (χ1n) is 13.0. The van der Waals surface area contributed by atoms with E-state index in [0.717, 1.165) is 30.0 Å². The van der Waals surface area contributed by atoms with Crippen molar-refractivity contribution in [3.8, 4) is 0 Å². The Morgan fingerprint density at radius 2 is 2.00 bits per heavy atom. The Morgan fingerprint density at radius 1 is 1.18 bits per heavy atom. The maximum atomic E-state index is 14.3. The molecular weight excluding hydrogens is 507 g/mol. The minimum atomic E-state index is -0.531. The van der Waals surface area contributed by atoms with Crippen LogP contribution in [0.25, 0.3) is 0 Å². The fraction of sp³-hybridized carbons (Fsp3) is 0.429. The summed E-state index contributed by atoms with van der Waals surface area (Å²) < 4.78 is 21.4. The number of hydrogen-bond donors (Lipinski definition) is 0. The highest BCUT2D eigenvalue weighted by molar-refractivity contribution is 7.09. The number of rotatable bonds is 10. The average molecular weight is 541 g/mol. The van der Waals surface area contributed by atoms with Gasteiger partial charge in [-0.1, -0.05) is 19.1 Å². The predicted molar refractivity (Wildman–Crippen MR) is 142 cm³/mol. The van der Waals surface area contributed by atoms with E-state index in [0.29, 0.717) is 45.0 Å². The number of amides is 2. The molecule has 0 aliphatic carbocycles. The van der Waals surface area contributed by atoms with E-state index in [-0.39, 0.29) is 29.3 Å². The molecule has 1 fully saturated rings. The van der Waals surface area contributed by atoms with Crippen LogP contribution in [0.2, 0.25) is 0 Å². The predicted octanol–water partition coefficient (Wildman–Crippen LogP) is 4.60. The number of esters is 1. The monoisotopic (exact) mass is 540 g/mol. The van der Waals surface area contributed by atoms with E-state index in [2.05, 4.69) is 4.98 Å². The minimum Gasteiger partial charge on any atom is -0.466 e. The molecule has 0 bridgehead atoms. The SMILES string of the molecule is CCCN(Cc1cccn1Cc1nc(C(=O)N2CCCC(C(=O)OCC)C2)cs1)C(=O)c1ccccc1F. The molecule has 8 nitrogen and oxygen atoms in total. The molecule has 3 aromatic rings. The van der Waals surface area contributed by atoms with Gasteiger partial charge in [-0.2, -0.15) is 0 Å². The number of carbonyl (C=O) groups is 3. The van der Waals surface area contributed by atoms with Crippen LogP contribution in [0.1, 0.15) is 64.7 Å². The Balaban J connectivity index is 1.43. The van der Waals surface area contributed by atoms with Crippen LogP contribution >= 0.6 is 11.3 Å². The van der Waals surface area contributed by atoms with Crippen molar-refractivity contribution < 1.29 is 23.5 Å². The third-order valence-corrected chi connectivity index (χ3v) is 7.40. The lowest BCUT2D eigenvalue weighted by Crippen LogP contribution is -2.43. The molecule has 202 valence electrons. The molecule has 2 aromatic heterocycles. The zero-order valence-corrected chi connectivity index (χ0v) is 22.6. The van der Waals surface area contributed by atoms with Crippen molar-refractivity contribution in [2.24, 2.45) is 5.92 Å². The zero-order chi connectivity index (χ0) is 27.1. The van der Waals surface area contributed by atoms with Crippen LogP contribution in [0, 0.1) is 11.7 Å². The summed E-state index contributed by atoms with van der Waals surface area (Å²) in [5.41, 5.74) is 1.31. The molecule has 1 aliphatic rings. The van der Waals surface area contributed by atoms with E-state index < -0.39 is 5.82 Å². The molecule has 4 rings (SSSR count). The highest BCUT2D eigenvalue weighted by atomic mass is 32.1. The molecule has 2 amide bonds. The third-order valence-electron chi connectivity index (χ3n) is 6.57. The first-order chi connectivity index (χ1) is 18.4. The van der Waals surface area contributed by atoms with E-state index >= 15 is 0 Å². The van der Waals surface area contributed by atoms with Crippen LogP contribution in [0.3, 0.4) is 0 Å². The first-order valence-corrected chi connectivity index (χ1v) is 13.9. The quantitative estimate of drug-likeness (QED) is 0.351. The van der Waals surface area contributed by atoms with E-state index in [1.165, 1.54) is 23.5 Å². The topological polar surface area (TPSA) is 84.7 Å². The average Bonchev–Trinajstić information content (AvgIpc) is 3.58. The zero-order valence-electron chi connectivity index (χ0n) is 21.8. The van der Waals surface area contributed by atoms with Crippen molar-refractivity contribution in [3.05, 3.63) is 75.8 Å². The largest absolute Gasteiger partial charge is 0.466 e. The molecule has 38 heavy (non-hydrogen) atoms. The number of halogens is 1. The number of ether oxygens (including phenoxy) is 1. The highest BCUT2D eigenvalue weighted by Gasteiger charge is 2.30. The maximum Gasteiger partial charge on any atom is 0.310 e. The molecule has 3 heterocycles. The Kier molecular flexibility index (Phi) is 9.28. The summed E-state index contributed by atoms with van der Waals surface area (Å²) in [7, 11) is 0. The van der Waals surface area contributed by atoms with E-state index in [4.69, 9.17) is 4.74 Å². The van der Waals surface area contributed by atoms with Crippen LogP contribution in [-0.4, -0.2) is 63.4 Å². The van der Waals surface area contributed by atoms with Crippen molar-refractivity contribution in [3.63, 3.8) is 0 Å². The second kappa shape index (κ2) is 12.8. The summed E-state index contributed by atoms with van der Waals surface area (Å²) >= 11 is 1.40. The molecule has 1 unspecified atom stereocenters. The molecule has 0 saturated carbocycles. The number of benzene rings is 1. The molecule has 1 aromatic carbocycles. The smallest absolute Gasteiger partial charge is 0.310 e. The third kappa shape index (κ3) is 6.48. The fourth-order valence-corrected chi connectivity index (χ4v) is 5.44. The summed E-state index contributed by atoms with van der Waals surface area (Å²) in [6.07, 6.45) is 4.12. The van der Waals surface area contributed by atoms with Crippen LogP contribution in [0.15, 0.2) is 48.0 Å². The van der Waals surface area contributed by atoms with Gasteiger partial charge < -0.3 is 19.1 Å². The van der Waals surface area contributed by atoms with Crippen molar-refractivity contribution in [1.29, 1.82) is 0 Å². The number of hydrogen-bond acceptors (Lipinski definition) is 6. The Labute approximate surface area is 226 Å². The summed E-state index contributed by atoms with van der Waals surface area (Å²) in [6, 6.07) is 9.85. The van der Waals surface area contributed by atoms with Crippen molar-refractivity contribution in [2.45, 2.75) is 46.2 Å². The normalized spacial score (nSPS) is 15.3. The molecule has 10 heteroatoms. The van der Waals surface area contributed by atoms with Gasteiger partial charge in [0.2, 0.25) is 0 Å². The van der Waals surface area contributed by atoms with Gasteiger partial charge in [0.1, 0.15) is 16.5 Å². The molecule has 0 radical (unpaired) electrons. The van der Waals surface area contributed by atoms with E-state index in [1.807, 2.05) is 29.8 Å². The molecule has 0 N–H and O–H groups in total. The second-order valence-corrected chi connectivity index (χ2v) is 10.2. The number of aromatic nitrogens is 2. The van der Waals surface area contributed by atoms with E-state index in [1.54, 1.807) is 34.2 Å². The Bertz CT molecular complexity index is 1270. The minimum absolute atomic E-state index is 0.0602. The number of piperidine rings is 1. The van der Waals surface area contributed by atoms with Gasteiger partial charge in [0.15, 0.2) is 0 Å². The van der Waals surface area contributed by atoms with Gasteiger partial charge in [-0.05, 0) is 50.5 Å². The molecule has 1 aliphatic heterocycles. The van der Waals surface area contributed by atoms with E-state index in [9.17, 15) is 18.8 Å².